The minimum Gasteiger partial charge on any atom is -0.377 e. The summed E-state index contributed by atoms with van der Waals surface area (Å²) < 4.78 is 13.1. The molecule has 0 aliphatic heterocycles. The number of hydrogen-bond donors (Lipinski definition) is 1. The van der Waals surface area contributed by atoms with E-state index in [0.29, 0.717) is 0 Å². The zero-order chi connectivity index (χ0) is 11.4. The number of rotatable bonds is 4. The zero-order valence-electron chi connectivity index (χ0n) is 9.63. The number of anilines is 1. The van der Waals surface area contributed by atoms with Crippen molar-refractivity contribution in [3.63, 3.8) is 0 Å². The van der Waals surface area contributed by atoms with Crippen LogP contribution >= 0.6 is 0 Å². The van der Waals surface area contributed by atoms with Crippen LogP contribution in [0.1, 0.15) is 18.9 Å². The van der Waals surface area contributed by atoms with E-state index in [4.69, 9.17) is 5.73 Å². The Balaban J connectivity index is 2.86. The summed E-state index contributed by atoms with van der Waals surface area (Å²) in [5.41, 5.74) is 7.80. The standard InChI is InChI=1S/C12H19FN2/c1-9(14)4-5-10-6-7-11(13)8-12(10)15(2)3/h6-9H,4-5,14H2,1-3H3/t9-/m1/s1. The number of nitrogens with two attached hydrogens (primary N) is 1. The van der Waals surface area contributed by atoms with Gasteiger partial charge in [-0.15, -0.1) is 0 Å². The molecule has 0 aromatic heterocycles. The van der Waals surface area contributed by atoms with Gasteiger partial charge in [0.2, 0.25) is 0 Å². The Hall–Kier alpha value is -1.09. The first-order valence-electron chi connectivity index (χ1n) is 5.22. The van der Waals surface area contributed by atoms with Crippen molar-refractivity contribution < 1.29 is 4.39 Å². The summed E-state index contributed by atoms with van der Waals surface area (Å²) >= 11 is 0. The van der Waals surface area contributed by atoms with Gasteiger partial charge in [-0.25, -0.2) is 4.39 Å². The lowest BCUT2D eigenvalue weighted by Crippen LogP contribution is -2.17. The topological polar surface area (TPSA) is 29.3 Å². The lowest BCUT2D eigenvalue weighted by Gasteiger charge is -2.18. The molecule has 0 fully saturated rings. The fourth-order valence-electron chi connectivity index (χ4n) is 1.55. The second kappa shape index (κ2) is 5.12. The van der Waals surface area contributed by atoms with Crippen LogP contribution in [0.2, 0.25) is 0 Å². The lowest BCUT2D eigenvalue weighted by molar-refractivity contribution is 0.624. The van der Waals surface area contributed by atoms with Crippen molar-refractivity contribution in [1.82, 2.24) is 0 Å². The van der Waals surface area contributed by atoms with Crippen molar-refractivity contribution in [1.29, 1.82) is 0 Å². The Morgan fingerprint density at radius 2 is 2.07 bits per heavy atom. The summed E-state index contributed by atoms with van der Waals surface area (Å²) in [5.74, 6) is -0.191. The number of aryl methyl sites for hydroxylation is 1. The molecule has 1 rings (SSSR count). The third kappa shape index (κ3) is 3.51. The molecule has 1 aromatic carbocycles. The molecular weight excluding hydrogens is 191 g/mol. The summed E-state index contributed by atoms with van der Waals surface area (Å²) in [5, 5.41) is 0. The first-order chi connectivity index (χ1) is 7.00. The molecular formula is C12H19FN2. The third-order valence-electron chi connectivity index (χ3n) is 2.40. The van der Waals surface area contributed by atoms with Gasteiger partial charge in [0.25, 0.3) is 0 Å². The molecule has 3 heteroatoms. The van der Waals surface area contributed by atoms with Gasteiger partial charge >= 0.3 is 0 Å². The Bertz CT molecular complexity index is 321. The van der Waals surface area contributed by atoms with Crippen molar-refractivity contribution >= 4 is 5.69 Å². The van der Waals surface area contributed by atoms with Crippen molar-refractivity contribution in [3.05, 3.63) is 29.6 Å². The molecule has 84 valence electrons. The van der Waals surface area contributed by atoms with Crippen LogP contribution in [-0.2, 0) is 6.42 Å². The van der Waals surface area contributed by atoms with Crippen LogP contribution in [0.5, 0.6) is 0 Å². The fourth-order valence-corrected chi connectivity index (χ4v) is 1.55. The molecule has 1 aromatic rings. The van der Waals surface area contributed by atoms with Crippen LogP contribution in [0.4, 0.5) is 10.1 Å². The molecule has 15 heavy (non-hydrogen) atoms. The zero-order valence-corrected chi connectivity index (χ0v) is 9.63. The predicted octanol–water partition coefficient (Wildman–Crippen LogP) is 2.17. The average Bonchev–Trinajstić information content (AvgIpc) is 2.15. The Kier molecular flexibility index (Phi) is 4.09. The van der Waals surface area contributed by atoms with E-state index >= 15 is 0 Å². The van der Waals surface area contributed by atoms with E-state index in [-0.39, 0.29) is 11.9 Å². The quantitative estimate of drug-likeness (QED) is 0.825. The minimum absolute atomic E-state index is 0.185. The second-order valence-electron chi connectivity index (χ2n) is 4.18. The predicted molar refractivity (Wildman–Crippen MR) is 62.7 cm³/mol. The van der Waals surface area contributed by atoms with Crippen LogP contribution < -0.4 is 10.6 Å². The van der Waals surface area contributed by atoms with Gasteiger partial charge in [-0.2, -0.15) is 0 Å². The van der Waals surface area contributed by atoms with Gasteiger partial charge < -0.3 is 10.6 Å². The van der Waals surface area contributed by atoms with E-state index < -0.39 is 0 Å². The highest BCUT2D eigenvalue weighted by atomic mass is 19.1. The number of halogens is 1. The largest absolute Gasteiger partial charge is 0.377 e. The Labute approximate surface area is 90.9 Å². The molecule has 0 radical (unpaired) electrons. The molecule has 0 aliphatic carbocycles. The second-order valence-corrected chi connectivity index (χ2v) is 4.18. The van der Waals surface area contributed by atoms with Gasteiger partial charge in [0.1, 0.15) is 5.82 Å². The summed E-state index contributed by atoms with van der Waals surface area (Å²) in [7, 11) is 3.84. The van der Waals surface area contributed by atoms with Crippen LogP contribution in [-0.4, -0.2) is 20.1 Å². The molecule has 0 aliphatic rings. The highest BCUT2D eigenvalue weighted by Gasteiger charge is 2.06. The molecule has 2 nitrogen and oxygen atoms in total. The van der Waals surface area contributed by atoms with E-state index in [1.165, 1.54) is 6.07 Å². The molecule has 0 heterocycles. The first-order valence-corrected chi connectivity index (χ1v) is 5.22. The highest BCUT2D eigenvalue weighted by Crippen LogP contribution is 2.21. The smallest absolute Gasteiger partial charge is 0.125 e. The summed E-state index contributed by atoms with van der Waals surface area (Å²) in [6.45, 7) is 1.98. The molecule has 0 amide bonds. The van der Waals surface area contributed by atoms with Gasteiger partial charge in [0, 0.05) is 25.8 Å². The first kappa shape index (κ1) is 12.0. The van der Waals surface area contributed by atoms with E-state index in [1.807, 2.05) is 32.0 Å². The van der Waals surface area contributed by atoms with Crippen molar-refractivity contribution in [2.75, 3.05) is 19.0 Å². The number of benzene rings is 1. The highest BCUT2D eigenvalue weighted by molar-refractivity contribution is 5.52. The Morgan fingerprint density at radius 3 is 2.60 bits per heavy atom. The summed E-state index contributed by atoms with van der Waals surface area (Å²) in [6.07, 6.45) is 1.82. The van der Waals surface area contributed by atoms with Crippen LogP contribution in [0.15, 0.2) is 18.2 Å². The third-order valence-corrected chi connectivity index (χ3v) is 2.40. The maximum atomic E-state index is 13.1. The van der Waals surface area contributed by atoms with Gasteiger partial charge in [0.05, 0.1) is 0 Å². The van der Waals surface area contributed by atoms with Gasteiger partial charge in [-0.3, -0.25) is 0 Å². The van der Waals surface area contributed by atoms with Crippen molar-refractivity contribution in [2.45, 2.75) is 25.8 Å². The fraction of sp³-hybridized carbons (Fsp3) is 0.500. The number of nitrogens with zero attached hydrogens (tertiary/aromatic N) is 1. The molecule has 0 saturated carbocycles. The van der Waals surface area contributed by atoms with Gasteiger partial charge in [-0.05, 0) is 37.5 Å². The van der Waals surface area contributed by atoms with Crippen molar-refractivity contribution in [2.24, 2.45) is 5.73 Å². The normalized spacial score (nSPS) is 12.6. The molecule has 2 N–H and O–H groups in total. The minimum atomic E-state index is -0.191. The van der Waals surface area contributed by atoms with Gasteiger partial charge in [-0.1, -0.05) is 6.07 Å². The molecule has 0 saturated heterocycles. The molecule has 0 bridgehead atoms. The van der Waals surface area contributed by atoms with Crippen LogP contribution in [0.25, 0.3) is 0 Å². The maximum absolute atomic E-state index is 13.1. The summed E-state index contributed by atoms with van der Waals surface area (Å²) in [6, 6.07) is 5.10. The maximum Gasteiger partial charge on any atom is 0.125 e. The molecule has 0 unspecified atom stereocenters. The average molecular weight is 210 g/mol. The van der Waals surface area contributed by atoms with E-state index in [0.717, 1.165) is 24.1 Å². The SMILES string of the molecule is C[C@@H](N)CCc1ccc(F)cc1N(C)C. The van der Waals surface area contributed by atoms with E-state index in [1.54, 1.807) is 6.07 Å². The van der Waals surface area contributed by atoms with E-state index in [9.17, 15) is 4.39 Å². The lowest BCUT2D eigenvalue weighted by atomic mass is 10.0. The molecule has 0 spiro atoms. The summed E-state index contributed by atoms with van der Waals surface area (Å²) in [4.78, 5) is 1.93. The van der Waals surface area contributed by atoms with E-state index in [2.05, 4.69) is 0 Å². The monoisotopic (exact) mass is 210 g/mol. The molecule has 1 atom stereocenters. The van der Waals surface area contributed by atoms with Crippen LogP contribution in [0, 0.1) is 5.82 Å². The Morgan fingerprint density at radius 1 is 1.40 bits per heavy atom. The van der Waals surface area contributed by atoms with Gasteiger partial charge in [0.15, 0.2) is 0 Å². The number of hydrogen-bond acceptors (Lipinski definition) is 2. The van der Waals surface area contributed by atoms with Crippen LogP contribution in [0.3, 0.4) is 0 Å². The van der Waals surface area contributed by atoms with Crippen molar-refractivity contribution in [3.8, 4) is 0 Å².